The van der Waals surface area contributed by atoms with Crippen LogP contribution in [0.3, 0.4) is 0 Å². The Morgan fingerprint density at radius 3 is 2.33 bits per heavy atom. The summed E-state index contributed by atoms with van der Waals surface area (Å²) in [5, 5.41) is 10.9. The number of piperidine rings is 1. The molecule has 0 radical (unpaired) electrons. The number of nitrogens with zero attached hydrogens (tertiary/aromatic N) is 3. The van der Waals surface area contributed by atoms with E-state index in [2.05, 4.69) is 30.0 Å². The van der Waals surface area contributed by atoms with Crippen molar-refractivity contribution in [1.82, 2.24) is 9.36 Å². The van der Waals surface area contributed by atoms with Gasteiger partial charge in [0.2, 0.25) is 5.13 Å². The third-order valence-corrected chi connectivity index (χ3v) is 4.74. The molecule has 2 unspecified atom stereocenters. The number of fused-ring (bicyclic) bond motifs is 2. The second kappa shape index (κ2) is 4.17. The van der Waals surface area contributed by atoms with Gasteiger partial charge in [-0.15, -0.1) is 0 Å². The molecule has 2 saturated heterocycles. The molecule has 0 aromatic carbocycles. The monoisotopic (exact) mass is 267 g/mol. The first-order chi connectivity index (χ1) is 8.45. The summed E-state index contributed by atoms with van der Waals surface area (Å²) in [5.74, 6) is 0.938. The number of anilines is 1. The zero-order valence-electron chi connectivity index (χ0n) is 11.3. The summed E-state index contributed by atoms with van der Waals surface area (Å²) in [4.78, 5) is 7.14. The molecule has 0 saturated carbocycles. The summed E-state index contributed by atoms with van der Waals surface area (Å²) in [6.45, 7) is 6.44. The third-order valence-electron chi connectivity index (χ3n) is 4.02. The smallest absolute Gasteiger partial charge is 0.205 e. The zero-order chi connectivity index (χ0) is 12.9. The van der Waals surface area contributed by atoms with Gasteiger partial charge in [0.25, 0.3) is 0 Å². The maximum Gasteiger partial charge on any atom is 0.205 e. The van der Waals surface area contributed by atoms with Crippen molar-refractivity contribution < 1.29 is 5.11 Å². The molecule has 2 bridgehead atoms. The van der Waals surface area contributed by atoms with Crippen LogP contribution in [0.4, 0.5) is 5.13 Å². The van der Waals surface area contributed by atoms with Crippen LogP contribution in [0, 0.1) is 0 Å². The van der Waals surface area contributed by atoms with Gasteiger partial charge in [0.15, 0.2) is 0 Å². The van der Waals surface area contributed by atoms with Crippen LogP contribution >= 0.6 is 11.5 Å². The van der Waals surface area contributed by atoms with Gasteiger partial charge in [-0.3, -0.25) is 0 Å². The minimum Gasteiger partial charge on any atom is -0.393 e. The van der Waals surface area contributed by atoms with Crippen LogP contribution in [0.25, 0.3) is 0 Å². The fourth-order valence-electron chi connectivity index (χ4n) is 3.09. The largest absolute Gasteiger partial charge is 0.393 e. The van der Waals surface area contributed by atoms with E-state index in [0.717, 1.165) is 23.8 Å². The first kappa shape index (κ1) is 12.4. The summed E-state index contributed by atoms with van der Waals surface area (Å²) in [6.07, 6.45) is 4.04. The number of rotatable bonds is 1. The number of aliphatic hydroxyl groups excluding tert-OH is 1. The Morgan fingerprint density at radius 1 is 1.22 bits per heavy atom. The van der Waals surface area contributed by atoms with Crippen molar-refractivity contribution in [1.29, 1.82) is 0 Å². The Morgan fingerprint density at radius 2 is 1.83 bits per heavy atom. The van der Waals surface area contributed by atoms with E-state index in [-0.39, 0.29) is 11.5 Å². The molecule has 18 heavy (non-hydrogen) atoms. The predicted molar refractivity (Wildman–Crippen MR) is 73.1 cm³/mol. The molecular weight excluding hydrogens is 246 g/mol. The summed E-state index contributed by atoms with van der Waals surface area (Å²) >= 11 is 1.51. The number of aliphatic hydroxyl groups is 1. The highest BCUT2D eigenvalue weighted by Gasteiger charge is 2.42. The average molecular weight is 267 g/mol. The molecule has 0 spiro atoms. The molecule has 5 heteroatoms. The van der Waals surface area contributed by atoms with Crippen molar-refractivity contribution in [3.8, 4) is 0 Å². The Balaban J connectivity index is 1.86. The van der Waals surface area contributed by atoms with E-state index >= 15 is 0 Å². The SMILES string of the molecule is CC(C)(C)c1nsc(N2C3CCC2CC(O)C3)n1. The highest BCUT2D eigenvalue weighted by molar-refractivity contribution is 7.09. The van der Waals surface area contributed by atoms with Gasteiger partial charge in [-0.05, 0) is 25.7 Å². The van der Waals surface area contributed by atoms with Crippen LogP contribution < -0.4 is 4.90 Å². The highest BCUT2D eigenvalue weighted by atomic mass is 32.1. The van der Waals surface area contributed by atoms with Crippen molar-refractivity contribution in [2.45, 2.75) is 70.1 Å². The molecule has 2 fully saturated rings. The van der Waals surface area contributed by atoms with Crippen molar-refractivity contribution in [2.75, 3.05) is 4.90 Å². The van der Waals surface area contributed by atoms with Crippen molar-refractivity contribution in [2.24, 2.45) is 0 Å². The van der Waals surface area contributed by atoms with Gasteiger partial charge in [0.1, 0.15) is 5.82 Å². The Hall–Kier alpha value is -0.680. The molecule has 0 aliphatic carbocycles. The van der Waals surface area contributed by atoms with E-state index in [0.29, 0.717) is 12.1 Å². The summed E-state index contributed by atoms with van der Waals surface area (Å²) in [5.41, 5.74) is 0.0170. The Labute approximate surface area is 112 Å². The van der Waals surface area contributed by atoms with Crippen molar-refractivity contribution >= 4 is 16.7 Å². The lowest BCUT2D eigenvalue weighted by Gasteiger charge is -2.36. The van der Waals surface area contributed by atoms with Crippen LogP contribution in [0.2, 0.25) is 0 Å². The maximum atomic E-state index is 9.83. The van der Waals surface area contributed by atoms with Gasteiger partial charge in [-0.1, -0.05) is 20.8 Å². The molecule has 4 nitrogen and oxygen atoms in total. The standard InChI is InChI=1S/C13H21N3OS/c1-13(2,3)11-14-12(18-15-11)16-8-4-5-9(16)7-10(17)6-8/h8-10,17H,4-7H2,1-3H3. The van der Waals surface area contributed by atoms with Gasteiger partial charge in [0.05, 0.1) is 6.10 Å². The number of hydrogen-bond donors (Lipinski definition) is 1. The Kier molecular flexibility index (Phi) is 2.86. The topological polar surface area (TPSA) is 49.2 Å². The minimum absolute atomic E-state index is 0.0170. The highest BCUT2D eigenvalue weighted by Crippen LogP contribution is 2.40. The summed E-state index contributed by atoms with van der Waals surface area (Å²) in [7, 11) is 0. The van der Waals surface area contributed by atoms with Crippen LogP contribution in [-0.2, 0) is 5.41 Å². The molecule has 3 rings (SSSR count). The van der Waals surface area contributed by atoms with E-state index in [1.54, 1.807) is 0 Å². The Bertz CT molecular complexity index is 426. The third kappa shape index (κ3) is 2.03. The predicted octanol–water partition coefficient (Wildman–Crippen LogP) is 2.33. The number of hydrogen-bond acceptors (Lipinski definition) is 5. The van der Waals surface area contributed by atoms with Gasteiger partial charge >= 0.3 is 0 Å². The van der Waals surface area contributed by atoms with Crippen LogP contribution in [0.1, 0.15) is 52.3 Å². The van der Waals surface area contributed by atoms with E-state index in [9.17, 15) is 5.11 Å². The van der Waals surface area contributed by atoms with E-state index in [4.69, 9.17) is 4.98 Å². The molecule has 1 aromatic heterocycles. The zero-order valence-corrected chi connectivity index (χ0v) is 12.1. The molecule has 2 aliphatic heterocycles. The first-order valence-corrected chi connectivity index (χ1v) is 7.53. The fraction of sp³-hybridized carbons (Fsp3) is 0.846. The van der Waals surface area contributed by atoms with Crippen LogP contribution in [-0.4, -0.2) is 32.7 Å². The molecular formula is C13H21N3OS. The lowest BCUT2D eigenvalue weighted by Crippen LogP contribution is -2.44. The normalized spacial score (nSPS) is 32.0. The maximum absolute atomic E-state index is 9.83. The molecule has 1 N–H and O–H groups in total. The number of aromatic nitrogens is 2. The summed E-state index contributed by atoms with van der Waals surface area (Å²) in [6, 6.07) is 0.944. The van der Waals surface area contributed by atoms with Gasteiger partial charge in [0, 0.05) is 29.0 Å². The van der Waals surface area contributed by atoms with Crippen LogP contribution in [0.5, 0.6) is 0 Å². The molecule has 2 atom stereocenters. The van der Waals surface area contributed by atoms with Gasteiger partial charge in [-0.2, -0.15) is 4.37 Å². The molecule has 3 heterocycles. The lowest BCUT2D eigenvalue weighted by molar-refractivity contribution is 0.126. The van der Waals surface area contributed by atoms with Crippen molar-refractivity contribution in [3.05, 3.63) is 5.82 Å². The fourth-order valence-corrected chi connectivity index (χ4v) is 4.09. The average Bonchev–Trinajstić information content (AvgIpc) is 2.81. The molecule has 1 aromatic rings. The van der Waals surface area contributed by atoms with E-state index in [1.807, 2.05) is 0 Å². The molecule has 2 aliphatic rings. The van der Waals surface area contributed by atoms with E-state index in [1.165, 1.54) is 24.4 Å². The second-order valence-electron chi connectivity index (χ2n) is 6.57. The summed E-state index contributed by atoms with van der Waals surface area (Å²) < 4.78 is 4.50. The van der Waals surface area contributed by atoms with E-state index < -0.39 is 0 Å². The van der Waals surface area contributed by atoms with Crippen molar-refractivity contribution in [3.63, 3.8) is 0 Å². The molecule has 0 amide bonds. The van der Waals surface area contributed by atoms with Gasteiger partial charge < -0.3 is 10.0 Å². The molecule has 100 valence electrons. The first-order valence-electron chi connectivity index (χ1n) is 6.76. The lowest BCUT2D eigenvalue weighted by atomic mass is 9.96. The quantitative estimate of drug-likeness (QED) is 0.848. The van der Waals surface area contributed by atoms with Crippen LogP contribution in [0.15, 0.2) is 0 Å². The minimum atomic E-state index is -0.117. The van der Waals surface area contributed by atoms with Gasteiger partial charge in [-0.25, -0.2) is 4.98 Å². The second-order valence-corrected chi connectivity index (χ2v) is 7.30.